The van der Waals surface area contributed by atoms with Gasteiger partial charge in [0.15, 0.2) is 11.5 Å². The van der Waals surface area contributed by atoms with Crippen molar-refractivity contribution in [2.24, 2.45) is 5.10 Å². The molecule has 5 nitrogen and oxygen atoms in total. The topological polar surface area (TPSA) is 59.9 Å². The highest BCUT2D eigenvalue weighted by molar-refractivity contribution is 5.99. The molecule has 0 atom stereocenters. The third-order valence-corrected chi connectivity index (χ3v) is 3.40. The van der Waals surface area contributed by atoms with Gasteiger partial charge in [0.05, 0.1) is 5.71 Å². The van der Waals surface area contributed by atoms with Crippen molar-refractivity contribution in [3.05, 3.63) is 23.8 Å². The summed E-state index contributed by atoms with van der Waals surface area (Å²) in [5.74, 6) is 1.42. The van der Waals surface area contributed by atoms with Crippen LogP contribution in [0.2, 0.25) is 0 Å². The fourth-order valence-electron chi connectivity index (χ4n) is 2.10. The third kappa shape index (κ3) is 4.48. The van der Waals surface area contributed by atoms with E-state index in [4.69, 9.17) is 9.47 Å². The molecule has 0 aromatic heterocycles. The van der Waals surface area contributed by atoms with Gasteiger partial charge in [-0.05, 0) is 31.5 Å². The summed E-state index contributed by atoms with van der Waals surface area (Å²) in [5, 5.41) is 4.14. The maximum atomic E-state index is 11.7. The minimum atomic E-state index is -0.0359. The molecular weight excluding hydrogens is 268 g/mol. The zero-order valence-corrected chi connectivity index (χ0v) is 12.6. The van der Waals surface area contributed by atoms with Gasteiger partial charge < -0.3 is 9.47 Å². The van der Waals surface area contributed by atoms with E-state index in [9.17, 15) is 4.79 Å². The molecule has 1 heterocycles. The number of carbonyl (C=O) groups excluding carboxylic acids is 1. The van der Waals surface area contributed by atoms with Crippen molar-refractivity contribution < 1.29 is 14.3 Å². The molecule has 1 amide bonds. The van der Waals surface area contributed by atoms with Crippen LogP contribution in [0.3, 0.4) is 0 Å². The number of carbonyl (C=O) groups is 1. The van der Waals surface area contributed by atoms with Crippen molar-refractivity contribution in [2.75, 3.05) is 6.79 Å². The Balaban J connectivity index is 1.84. The zero-order chi connectivity index (χ0) is 15.1. The number of hydrazone groups is 1. The van der Waals surface area contributed by atoms with Gasteiger partial charge in [-0.1, -0.05) is 26.2 Å². The van der Waals surface area contributed by atoms with Gasteiger partial charge in [-0.15, -0.1) is 0 Å². The van der Waals surface area contributed by atoms with Gasteiger partial charge in [-0.3, -0.25) is 4.79 Å². The van der Waals surface area contributed by atoms with E-state index in [0.717, 1.165) is 29.9 Å². The number of rotatable bonds is 7. The van der Waals surface area contributed by atoms with E-state index in [2.05, 4.69) is 17.5 Å². The summed E-state index contributed by atoms with van der Waals surface area (Å²) in [6.45, 7) is 4.26. The third-order valence-electron chi connectivity index (χ3n) is 3.40. The monoisotopic (exact) mass is 290 g/mol. The Labute approximate surface area is 125 Å². The normalized spacial score (nSPS) is 13.3. The molecule has 0 spiro atoms. The molecule has 1 aromatic carbocycles. The van der Waals surface area contributed by atoms with Crippen LogP contribution in [0.4, 0.5) is 0 Å². The summed E-state index contributed by atoms with van der Waals surface area (Å²) in [6, 6.07) is 5.62. The molecule has 0 radical (unpaired) electrons. The molecule has 21 heavy (non-hydrogen) atoms. The number of hydrogen-bond donors (Lipinski definition) is 1. The summed E-state index contributed by atoms with van der Waals surface area (Å²) in [5.41, 5.74) is 4.26. The molecule has 0 aliphatic carbocycles. The number of nitrogens with one attached hydrogen (secondary N) is 1. The Morgan fingerprint density at radius 3 is 2.86 bits per heavy atom. The first-order valence-electron chi connectivity index (χ1n) is 7.44. The van der Waals surface area contributed by atoms with Crippen molar-refractivity contribution in [2.45, 2.75) is 46.0 Å². The Bertz CT molecular complexity index is 526. The van der Waals surface area contributed by atoms with Crippen molar-refractivity contribution in [1.82, 2.24) is 5.43 Å². The molecule has 0 bridgehead atoms. The number of benzene rings is 1. The highest BCUT2D eigenvalue weighted by Crippen LogP contribution is 2.32. The van der Waals surface area contributed by atoms with Crippen LogP contribution >= 0.6 is 0 Å². The standard InChI is InChI=1S/C16H22N2O3/c1-3-4-5-6-7-16(19)18-17-12(2)13-8-9-14-15(10-13)21-11-20-14/h8-10H,3-7,11H2,1-2H3,(H,18,19)/b17-12+. The van der Waals surface area contributed by atoms with Gasteiger partial charge in [-0.2, -0.15) is 5.10 Å². The minimum Gasteiger partial charge on any atom is -0.454 e. The quantitative estimate of drug-likeness (QED) is 0.476. The summed E-state index contributed by atoms with van der Waals surface area (Å²) < 4.78 is 10.6. The Hall–Kier alpha value is -2.04. The second-order valence-electron chi connectivity index (χ2n) is 5.11. The number of hydrogen-bond acceptors (Lipinski definition) is 4. The van der Waals surface area contributed by atoms with Crippen molar-refractivity contribution >= 4 is 11.6 Å². The van der Waals surface area contributed by atoms with Crippen LogP contribution in [-0.4, -0.2) is 18.4 Å². The van der Waals surface area contributed by atoms with Gasteiger partial charge >= 0.3 is 0 Å². The fraction of sp³-hybridized carbons (Fsp3) is 0.500. The van der Waals surface area contributed by atoms with E-state index in [1.807, 2.05) is 25.1 Å². The van der Waals surface area contributed by atoms with Gasteiger partial charge in [0.25, 0.3) is 0 Å². The molecule has 1 aromatic rings. The Morgan fingerprint density at radius 1 is 1.24 bits per heavy atom. The molecule has 1 aliphatic heterocycles. The van der Waals surface area contributed by atoms with Crippen LogP contribution in [0.25, 0.3) is 0 Å². The molecule has 1 N–H and O–H groups in total. The molecule has 0 saturated heterocycles. The Kier molecular flexibility index (Phi) is 5.60. The van der Waals surface area contributed by atoms with Gasteiger partial charge in [0, 0.05) is 12.0 Å². The van der Waals surface area contributed by atoms with Crippen LogP contribution in [0.5, 0.6) is 11.5 Å². The van der Waals surface area contributed by atoms with E-state index < -0.39 is 0 Å². The summed E-state index contributed by atoms with van der Waals surface area (Å²) >= 11 is 0. The average Bonchev–Trinajstić information content (AvgIpc) is 2.96. The number of unbranched alkanes of at least 4 members (excludes halogenated alkanes) is 3. The zero-order valence-electron chi connectivity index (χ0n) is 12.6. The van der Waals surface area contributed by atoms with Crippen molar-refractivity contribution in [3.8, 4) is 11.5 Å². The lowest BCUT2D eigenvalue weighted by atomic mass is 10.1. The minimum absolute atomic E-state index is 0.0359. The molecule has 0 fully saturated rings. The van der Waals surface area contributed by atoms with Crippen LogP contribution in [0.1, 0.15) is 51.5 Å². The largest absolute Gasteiger partial charge is 0.454 e. The number of ether oxygens (including phenoxy) is 2. The van der Waals surface area contributed by atoms with Crippen LogP contribution in [0, 0.1) is 0 Å². The first-order valence-corrected chi connectivity index (χ1v) is 7.44. The number of nitrogens with zero attached hydrogens (tertiary/aromatic N) is 1. The molecule has 0 saturated carbocycles. The van der Waals surface area contributed by atoms with E-state index in [0.29, 0.717) is 12.2 Å². The predicted molar refractivity (Wildman–Crippen MR) is 81.7 cm³/mol. The average molecular weight is 290 g/mol. The Morgan fingerprint density at radius 2 is 2.05 bits per heavy atom. The second-order valence-corrected chi connectivity index (χ2v) is 5.11. The van der Waals surface area contributed by atoms with Crippen molar-refractivity contribution in [1.29, 1.82) is 0 Å². The highest BCUT2D eigenvalue weighted by Gasteiger charge is 2.14. The molecular formula is C16H22N2O3. The molecule has 2 rings (SSSR count). The first kappa shape index (κ1) is 15.4. The molecule has 1 aliphatic rings. The van der Waals surface area contributed by atoms with E-state index in [1.165, 1.54) is 12.8 Å². The lowest BCUT2D eigenvalue weighted by molar-refractivity contribution is -0.121. The van der Waals surface area contributed by atoms with Crippen LogP contribution < -0.4 is 14.9 Å². The number of fused-ring (bicyclic) bond motifs is 1. The molecule has 114 valence electrons. The van der Waals surface area contributed by atoms with Crippen molar-refractivity contribution in [3.63, 3.8) is 0 Å². The van der Waals surface area contributed by atoms with Crippen LogP contribution in [-0.2, 0) is 4.79 Å². The summed E-state index contributed by atoms with van der Waals surface area (Å²) in [7, 11) is 0. The predicted octanol–water partition coefficient (Wildman–Crippen LogP) is 3.23. The smallest absolute Gasteiger partial charge is 0.240 e. The maximum Gasteiger partial charge on any atom is 0.240 e. The van der Waals surface area contributed by atoms with Gasteiger partial charge in [0.1, 0.15) is 0 Å². The SMILES string of the molecule is CCCCCCC(=O)N/N=C(\C)c1ccc2c(c1)OCO2. The van der Waals surface area contributed by atoms with E-state index >= 15 is 0 Å². The summed E-state index contributed by atoms with van der Waals surface area (Å²) in [4.78, 5) is 11.7. The molecule has 0 unspecified atom stereocenters. The maximum absolute atomic E-state index is 11.7. The first-order chi connectivity index (χ1) is 10.2. The van der Waals surface area contributed by atoms with Gasteiger partial charge in [-0.25, -0.2) is 5.43 Å². The lowest BCUT2D eigenvalue weighted by Gasteiger charge is -2.04. The highest BCUT2D eigenvalue weighted by atomic mass is 16.7. The van der Waals surface area contributed by atoms with E-state index in [1.54, 1.807) is 0 Å². The van der Waals surface area contributed by atoms with Gasteiger partial charge in [0.2, 0.25) is 12.7 Å². The number of amides is 1. The fourth-order valence-corrected chi connectivity index (χ4v) is 2.10. The molecule has 5 heteroatoms. The second kappa shape index (κ2) is 7.67. The van der Waals surface area contributed by atoms with Crippen LogP contribution in [0.15, 0.2) is 23.3 Å². The summed E-state index contributed by atoms with van der Waals surface area (Å²) in [6.07, 6.45) is 4.88. The van der Waals surface area contributed by atoms with E-state index in [-0.39, 0.29) is 12.7 Å². The lowest BCUT2D eigenvalue weighted by Crippen LogP contribution is -2.18.